The smallest absolute Gasteiger partial charge is 0.259 e. The fourth-order valence-electron chi connectivity index (χ4n) is 2.77. The number of ether oxygens (including phenoxy) is 1. The number of aromatic hydroxyl groups is 1. The molecule has 0 aliphatic rings. The molecule has 3 aromatic carbocycles. The number of aromatic nitrogens is 1. The van der Waals surface area contributed by atoms with Gasteiger partial charge in [-0.25, -0.2) is 0 Å². The molecule has 0 unspecified atom stereocenters. The van der Waals surface area contributed by atoms with Crippen molar-refractivity contribution in [2.75, 3.05) is 5.32 Å². The lowest BCUT2D eigenvalue weighted by Gasteiger charge is -2.10. The molecular weight excluding hydrogens is 340 g/mol. The predicted molar refractivity (Wildman–Crippen MR) is 104 cm³/mol. The van der Waals surface area contributed by atoms with Crippen LogP contribution in [0, 0.1) is 0 Å². The maximum Gasteiger partial charge on any atom is 0.259 e. The summed E-state index contributed by atoms with van der Waals surface area (Å²) >= 11 is 0. The summed E-state index contributed by atoms with van der Waals surface area (Å²) in [5.41, 5.74) is 1.12. The van der Waals surface area contributed by atoms with Crippen LogP contribution in [0.5, 0.6) is 17.2 Å². The Kier molecular flexibility index (Phi) is 4.41. The topological polar surface area (TPSA) is 71.5 Å². The molecule has 0 radical (unpaired) electrons. The van der Waals surface area contributed by atoms with Crippen molar-refractivity contribution in [1.82, 2.24) is 4.98 Å². The highest BCUT2D eigenvalue weighted by Gasteiger charge is 2.15. The number of hydrogen-bond acceptors (Lipinski definition) is 4. The number of fused-ring (bicyclic) bond motifs is 1. The lowest BCUT2D eigenvalue weighted by Crippen LogP contribution is -2.12. The number of hydrogen-bond donors (Lipinski definition) is 2. The van der Waals surface area contributed by atoms with Crippen molar-refractivity contribution in [2.45, 2.75) is 0 Å². The number of pyridine rings is 1. The molecule has 0 saturated carbocycles. The van der Waals surface area contributed by atoms with Crippen LogP contribution < -0.4 is 10.1 Å². The quantitative estimate of drug-likeness (QED) is 0.541. The van der Waals surface area contributed by atoms with Gasteiger partial charge in [0.25, 0.3) is 5.91 Å². The summed E-state index contributed by atoms with van der Waals surface area (Å²) < 4.78 is 5.78. The first kappa shape index (κ1) is 16.6. The third-order valence-corrected chi connectivity index (χ3v) is 4.06. The molecule has 4 rings (SSSR count). The third kappa shape index (κ3) is 3.57. The number of nitrogens with one attached hydrogen (secondary N) is 1. The highest BCUT2D eigenvalue weighted by Crippen LogP contribution is 2.28. The number of carbonyl (C=O) groups is 1. The first-order valence-corrected chi connectivity index (χ1v) is 8.42. The maximum atomic E-state index is 12.6. The fraction of sp³-hybridized carbons (Fsp3) is 0. The van der Waals surface area contributed by atoms with Gasteiger partial charge in [0.2, 0.25) is 0 Å². The number of nitrogens with zero attached hydrogens (tertiary/aromatic N) is 1. The van der Waals surface area contributed by atoms with Crippen LogP contribution in [-0.4, -0.2) is 16.0 Å². The molecular formula is C22H16N2O3. The number of amides is 1. The summed E-state index contributed by atoms with van der Waals surface area (Å²) in [6.45, 7) is 0. The van der Waals surface area contributed by atoms with Gasteiger partial charge in [0, 0.05) is 23.3 Å². The van der Waals surface area contributed by atoms with Gasteiger partial charge in [-0.3, -0.25) is 9.78 Å². The number of phenols is 1. The summed E-state index contributed by atoms with van der Waals surface area (Å²) in [5.74, 6) is 0.752. The average molecular weight is 356 g/mol. The van der Waals surface area contributed by atoms with Crippen LogP contribution in [0.1, 0.15) is 10.4 Å². The van der Waals surface area contributed by atoms with Crippen molar-refractivity contribution in [3.05, 3.63) is 90.6 Å². The Morgan fingerprint density at radius 3 is 2.56 bits per heavy atom. The molecule has 4 aromatic rings. The predicted octanol–water partition coefficient (Wildman–Crippen LogP) is 4.99. The molecule has 0 fully saturated rings. The summed E-state index contributed by atoms with van der Waals surface area (Å²) in [4.78, 5) is 16.8. The van der Waals surface area contributed by atoms with Crippen molar-refractivity contribution in [2.24, 2.45) is 0 Å². The molecule has 2 N–H and O–H groups in total. The van der Waals surface area contributed by atoms with E-state index in [2.05, 4.69) is 10.3 Å². The SMILES string of the molecule is O=C(Nc1cccc(Oc2ccccc2)c1)c1ccc2cccnc2c1O. The van der Waals surface area contributed by atoms with E-state index in [4.69, 9.17) is 4.74 Å². The molecule has 0 spiro atoms. The van der Waals surface area contributed by atoms with E-state index in [1.165, 1.54) is 0 Å². The van der Waals surface area contributed by atoms with Crippen molar-refractivity contribution in [1.29, 1.82) is 0 Å². The second-order valence-electron chi connectivity index (χ2n) is 5.93. The monoisotopic (exact) mass is 356 g/mol. The zero-order valence-corrected chi connectivity index (χ0v) is 14.3. The highest BCUT2D eigenvalue weighted by molar-refractivity contribution is 6.09. The average Bonchev–Trinajstić information content (AvgIpc) is 2.69. The summed E-state index contributed by atoms with van der Waals surface area (Å²) in [6.07, 6.45) is 1.58. The van der Waals surface area contributed by atoms with E-state index in [0.29, 0.717) is 22.7 Å². The third-order valence-electron chi connectivity index (χ3n) is 4.06. The minimum absolute atomic E-state index is 0.137. The first-order valence-electron chi connectivity index (χ1n) is 8.42. The molecule has 132 valence electrons. The molecule has 0 atom stereocenters. The van der Waals surface area contributed by atoms with Gasteiger partial charge in [-0.2, -0.15) is 0 Å². The standard InChI is InChI=1S/C22H16N2O3/c25-21-19(12-11-15-6-5-13-23-20(15)21)22(26)24-16-7-4-10-18(14-16)27-17-8-2-1-3-9-17/h1-14,25H,(H,24,26). The fourth-order valence-corrected chi connectivity index (χ4v) is 2.77. The molecule has 1 amide bonds. The number of para-hydroxylation sites is 1. The van der Waals surface area contributed by atoms with Gasteiger partial charge in [-0.05, 0) is 36.4 Å². The first-order chi connectivity index (χ1) is 13.2. The number of carbonyl (C=O) groups excluding carboxylic acids is 1. The summed E-state index contributed by atoms with van der Waals surface area (Å²) in [5, 5.41) is 14.0. The van der Waals surface area contributed by atoms with E-state index in [0.717, 1.165) is 5.39 Å². The second-order valence-corrected chi connectivity index (χ2v) is 5.93. The van der Waals surface area contributed by atoms with Gasteiger partial charge in [0.05, 0.1) is 5.56 Å². The van der Waals surface area contributed by atoms with Crippen LogP contribution in [-0.2, 0) is 0 Å². The van der Waals surface area contributed by atoms with Crippen LogP contribution >= 0.6 is 0 Å². The van der Waals surface area contributed by atoms with E-state index in [-0.39, 0.29) is 11.3 Å². The van der Waals surface area contributed by atoms with Gasteiger partial charge < -0.3 is 15.2 Å². The molecule has 5 heteroatoms. The van der Waals surface area contributed by atoms with E-state index >= 15 is 0 Å². The summed E-state index contributed by atoms with van der Waals surface area (Å²) in [7, 11) is 0. The minimum Gasteiger partial charge on any atom is -0.505 e. The number of rotatable bonds is 4. The van der Waals surface area contributed by atoms with Crippen LogP contribution in [0.2, 0.25) is 0 Å². The molecule has 0 aliphatic heterocycles. The Morgan fingerprint density at radius 1 is 0.889 bits per heavy atom. The zero-order chi connectivity index (χ0) is 18.6. The Hall–Kier alpha value is -3.86. The van der Waals surface area contributed by atoms with Crippen LogP contribution in [0.15, 0.2) is 85.1 Å². The van der Waals surface area contributed by atoms with Gasteiger partial charge in [0.15, 0.2) is 5.75 Å². The molecule has 27 heavy (non-hydrogen) atoms. The van der Waals surface area contributed by atoms with Crippen LogP contribution in [0.25, 0.3) is 10.9 Å². The Bertz CT molecular complexity index is 1110. The zero-order valence-electron chi connectivity index (χ0n) is 14.3. The molecule has 5 nitrogen and oxygen atoms in total. The van der Waals surface area contributed by atoms with Gasteiger partial charge in [-0.15, -0.1) is 0 Å². The van der Waals surface area contributed by atoms with Crippen LogP contribution in [0.4, 0.5) is 5.69 Å². The molecule has 1 heterocycles. The maximum absolute atomic E-state index is 12.6. The number of benzene rings is 3. The lowest BCUT2D eigenvalue weighted by molar-refractivity contribution is 0.102. The van der Waals surface area contributed by atoms with Crippen molar-refractivity contribution < 1.29 is 14.6 Å². The van der Waals surface area contributed by atoms with Gasteiger partial charge in [-0.1, -0.05) is 36.4 Å². The van der Waals surface area contributed by atoms with Crippen molar-refractivity contribution >= 4 is 22.5 Å². The lowest BCUT2D eigenvalue weighted by atomic mass is 10.1. The Labute approximate surface area is 155 Å². The largest absolute Gasteiger partial charge is 0.505 e. The number of anilines is 1. The highest BCUT2D eigenvalue weighted by atomic mass is 16.5. The second kappa shape index (κ2) is 7.17. The van der Waals surface area contributed by atoms with Crippen LogP contribution in [0.3, 0.4) is 0 Å². The van der Waals surface area contributed by atoms with E-state index in [1.54, 1.807) is 48.7 Å². The Balaban J connectivity index is 1.56. The van der Waals surface area contributed by atoms with Crippen molar-refractivity contribution in [3.8, 4) is 17.2 Å². The minimum atomic E-state index is -0.420. The normalized spacial score (nSPS) is 10.5. The number of phenolic OH excluding ortho intramolecular Hbond substituents is 1. The summed E-state index contributed by atoms with van der Waals surface area (Å²) in [6, 6.07) is 23.4. The molecule has 1 aromatic heterocycles. The van der Waals surface area contributed by atoms with Crippen molar-refractivity contribution in [3.63, 3.8) is 0 Å². The molecule has 0 bridgehead atoms. The molecule has 0 aliphatic carbocycles. The Morgan fingerprint density at radius 2 is 1.70 bits per heavy atom. The van der Waals surface area contributed by atoms with E-state index < -0.39 is 5.91 Å². The van der Waals surface area contributed by atoms with Gasteiger partial charge in [0.1, 0.15) is 17.0 Å². The van der Waals surface area contributed by atoms with E-state index in [9.17, 15) is 9.90 Å². The molecule has 0 saturated heterocycles. The van der Waals surface area contributed by atoms with E-state index in [1.807, 2.05) is 36.4 Å². The van der Waals surface area contributed by atoms with Gasteiger partial charge >= 0.3 is 0 Å².